The zero-order valence-electron chi connectivity index (χ0n) is 13.2. The number of rotatable bonds is 5. The highest BCUT2D eigenvalue weighted by atomic mass is 16.1. The number of nitrogens with one attached hydrogen (secondary N) is 1. The van der Waals surface area contributed by atoms with Crippen LogP contribution < -0.4 is 16.0 Å². The van der Waals surface area contributed by atoms with E-state index in [2.05, 4.69) is 22.3 Å². The van der Waals surface area contributed by atoms with Crippen molar-refractivity contribution in [1.82, 2.24) is 0 Å². The van der Waals surface area contributed by atoms with Gasteiger partial charge in [-0.3, -0.25) is 4.79 Å². The van der Waals surface area contributed by atoms with Crippen molar-refractivity contribution >= 4 is 17.3 Å². The Morgan fingerprint density at radius 2 is 1.74 bits per heavy atom. The number of hydrogen-bond acceptors (Lipinski definition) is 3. The molecule has 23 heavy (non-hydrogen) atoms. The molecule has 1 heterocycles. The first-order valence-electron chi connectivity index (χ1n) is 8.20. The first-order chi connectivity index (χ1) is 11.2. The summed E-state index contributed by atoms with van der Waals surface area (Å²) in [6, 6.07) is 17.3. The van der Waals surface area contributed by atoms with Crippen LogP contribution in [0.5, 0.6) is 0 Å². The van der Waals surface area contributed by atoms with Crippen molar-refractivity contribution in [2.24, 2.45) is 5.73 Å². The van der Waals surface area contributed by atoms with Gasteiger partial charge in [0, 0.05) is 24.5 Å². The molecule has 3 rings (SSSR count). The summed E-state index contributed by atoms with van der Waals surface area (Å²) in [5.41, 5.74) is 8.58. The van der Waals surface area contributed by atoms with Gasteiger partial charge in [-0.25, -0.2) is 0 Å². The summed E-state index contributed by atoms with van der Waals surface area (Å²) in [7, 11) is 0. The van der Waals surface area contributed by atoms with E-state index in [1.165, 1.54) is 24.9 Å². The summed E-state index contributed by atoms with van der Waals surface area (Å²) < 4.78 is 0. The number of hydrogen-bond donors (Lipinski definition) is 2. The molecule has 0 saturated carbocycles. The SMILES string of the molecule is NC(=O)C(Nc1cccc(N2CCCCC2)c1)c1ccccc1. The molecule has 1 fully saturated rings. The fourth-order valence-electron chi connectivity index (χ4n) is 3.08. The predicted octanol–water partition coefficient (Wildman–Crippen LogP) is 3.32. The van der Waals surface area contributed by atoms with E-state index in [1.54, 1.807) is 0 Å². The Morgan fingerprint density at radius 3 is 2.43 bits per heavy atom. The minimum Gasteiger partial charge on any atom is -0.371 e. The van der Waals surface area contributed by atoms with E-state index in [0.717, 1.165) is 24.3 Å². The number of carbonyl (C=O) groups excluding carboxylic acids is 1. The van der Waals surface area contributed by atoms with Crippen LogP contribution in [-0.2, 0) is 4.79 Å². The molecule has 0 spiro atoms. The lowest BCUT2D eigenvalue weighted by Crippen LogP contribution is -2.30. The number of carbonyl (C=O) groups is 1. The quantitative estimate of drug-likeness (QED) is 0.891. The van der Waals surface area contributed by atoms with Gasteiger partial charge < -0.3 is 16.0 Å². The normalized spacial score (nSPS) is 15.9. The van der Waals surface area contributed by atoms with Gasteiger partial charge in [0.15, 0.2) is 0 Å². The zero-order valence-corrected chi connectivity index (χ0v) is 13.2. The number of nitrogens with two attached hydrogens (primary N) is 1. The third-order valence-corrected chi connectivity index (χ3v) is 4.30. The van der Waals surface area contributed by atoms with Crippen molar-refractivity contribution in [1.29, 1.82) is 0 Å². The molecule has 0 aromatic heterocycles. The monoisotopic (exact) mass is 309 g/mol. The second kappa shape index (κ2) is 7.18. The van der Waals surface area contributed by atoms with E-state index < -0.39 is 6.04 Å². The van der Waals surface area contributed by atoms with Gasteiger partial charge in [0.2, 0.25) is 5.91 Å². The highest BCUT2D eigenvalue weighted by molar-refractivity contribution is 5.84. The number of anilines is 2. The molecular weight excluding hydrogens is 286 g/mol. The molecule has 1 saturated heterocycles. The number of amides is 1. The molecule has 4 heteroatoms. The van der Waals surface area contributed by atoms with E-state index in [4.69, 9.17) is 5.73 Å². The van der Waals surface area contributed by atoms with E-state index in [1.807, 2.05) is 42.5 Å². The summed E-state index contributed by atoms with van der Waals surface area (Å²) in [5, 5.41) is 3.27. The smallest absolute Gasteiger partial charge is 0.244 e. The molecule has 4 nitrogen and oxygen atoms in total. The molecule has 1 unspecified atom stereocenters. The Balaban J connectivity index is 1.79. The molecule has 1 amide bonds. The van der Waals surface area contributed by atoms with Crippen molar-refractivity contribution in [3.8, 4) is 0 Å². The third-order valence-electron chi connectivity index (χ3n) is 4.30. The van der Waals surface area contributed by atoms with E-state index >= 15 is 0 Å². The number of primary amides is 1. The Bertz CT molecular complexity index is 651. The predicted molar refractivity (Wildman–Crippen MR) is 94.5 cm³/mol. The summed E-state index contributed by atoms with van der Waals surface area (Å²) in [6.45, 7) is 2.20. The van der Waals surface area contributed by atoms with Gasteiger partial charge in [0.1, 0.15) is 6.04 Å². The Labute approximate surface area is 137 Å². The molecule has 3 N–H and O–H groups in total. The molecule has 120 valence electrons. The molecule has 1 aliphatic rings. The second-order valence-electron chi connectivity index (χ2n) is 5.99. The first-order valence-corrected chi connectivity index (χ1v) is 8.20. The van der Waals surface area contributed by atoms with Crippen LogP contribution >= 0.6 is 0 Å². The topological polar surface area (TPSA) is 58.4 Å². The molecule has 0 bridgehead atoms. The zero-order chi connectivity index (χ0) is 16.1. The largest absolute Gasteiger partial charge is 0.371 e. The second-order valence-corrected chi connectivity index (χ2v) is 5.99. The van der Waals surface area contributed by atoms with Gasteiger partial charge in [-0.2, -0.15) is 0 Å². The van der Waals surface area contributed by atoms with E-state index in [0.29, 0.717) is 0 Å². The lowest BCUT2D eigenvalue weighted by Gasteiger charge is -2.29. The van der Waals surface area contributed by atoms with Crippen molar-refractivity contribution < 1.29 is 4.79 Å². The summed E-state index contributed by atoms with van der Waals surface area (Å²) >= 11 is 0. The van der Waals surface area contributed by atoms with Gasteiger partial charge in [0.05, 0.1) is 0 Å². The average Bonchev–Trinajstić information content (AvgIpc) is 2.61. The maximum absolute atomic E-state index is 11.8. The van der Waals surface area contributed by atoms with Crippen LogP contribution in [0.2, 0.25) is 0 Å². The minimum absolute atomic E-state index is 0.375. The Kier molecular flexibility index (Phi) is 4.81. The van der Waals surface area contributed by atoms with Crippen molar-refractivity contribution in [2.45, 2.75) is 25.3 Å². The molecule has 1 atom stereocenters. The van der Waals surface area contributed by atoms with Crippen molar-refractivity contribution in [2.75, 3.05) is 23.3 Å². The first kappa shape index (κ1) is 15.4. The Morgan fingerprint density at radius 1 is 1.00 bits per heavy atom. The summed E-state index contributed by atoms with van der Waals surface area (Å²) in [5.74, 6) is -0.375. The van der Waals surface area contributed by atoms with Gasteiger partial charge >= 0.3 is 0 Å². The van der Waals surface area contributed by atoms with Crippen LogP contribution in [0.3, 0.4) is 0 Å². The van der Waals surface area contributed by atoms with Gasteiger partial charge in [-0.1, -0.05) is 36.4 Å². The van der Waals surface area contributed by atoms with E-state index in [-0.39, 0.29) is 5.91 Å². The number of nitrogens with zero attached hydrogens (tertiary/aromatic N) is 1. The molecule has 0 aliphatic carbocycles. The average molecular weight is 309 g/mol. The van der Waals surface area contributed by atoms with Gasteiger partial charge in [-0.05, 0) is 43.0 Å². The lowest BCUT2D eigenvalue weighted by atomic mass is 10.1. The lowest BCUT2D eigenvalue weighted by molar-refractivity contribution is -0.118. The van der Waals surface area contributed by atoms with Crippen LogP contribution in [0.15, 0.2) is 54.6 Å². The third kappa shape index (κ3) is 3.83. The van der Waals surface area contributed by atoms with Crippen LogP contribution in [0.1, 0.15) is 30.9 Å². The van der Waals surface area contributed by atoms with Gasteiger partial charge in [0.25, 0.3) is 0 Å². The number of piperidine rings is 1. The molecular formula is C19H23N3O. The van der Waals surface area contributed by atoms with E-state index in [9.17, 15) is 4.79 Å². The van der Waals surface area contributed by atoms with Crippen molar-refractivity contribution in [3.05, 3.63) is 60.2 Å². The maximum Gasteiger partial charge on any atom is 0.244 e. The highest BCUT2D eigenvalue weighted by Crippen LogP contribution is 2.25. The highest BCUT2D eigenvalue weighted by Gasteiger charge is 2.18. The van der Waals surface area contributed by atoms with Crippen LogP contribution in [0.25, 0.3) is 0 Å². The molecule has 0 radical (unpaired) electrons. The fourth-order valence-corrected chi connectivity index (χ4v) is 3.08. The molecule has 2 aromatic carbocycles. The number of benzene rings is 2. The molecule has 1 aliphatic heterocycles. The standard InChI is InChI=1S/C19H23N3O/c20-19(23)18(15-8-3-1-4-9-15)21-16-10-7-11-17(14-16)22-12-5-2-6-13-22/h1,3-4,7-11,14,18,21H,2,5-6,12-13H2,(H2,20,23). The maximum atomic E-state index is 11.8. The van der Waals surface area contributed by atoms with Crippen molar-refractivity contribution in [3.63, 3.8) is 0 Å². The van der Waals surface area contributed by atoms with Crippen LogP contribution in [0.4, 0.5) is 11.4 Å². The summed E-state index contributed by atoms with van der Waals surface area (Å²) in [4.78, 5) is 14.2. The summed E-state index contributed by atoms with van der Waals surface area (Å²) in [6.07, 6.45) is 3.80. The van der Waals surface area contributed by atoms with Crippen LogP contribution in [0, 0.1) is 0 Å². The van der Waals surface area contributed by atoms with Crippen LogP contribution in [-0.4, -0.2) is 19.0 Å². The molecule has 2 aromatic rings. The fraction of sp³-hybridized carbons (Fsp3) is 0.316. The van der Waals surface area contributed by atoms with Gasteiger partial charge in [-0.15, -0.1) is 0 Å². The Hall–Kier alpha value is -2.49. The minimum atomic E-state index is -0.521.